The van der Waals surface area contributed by atoms with Crippen LogP contribution in [-0.2, 0) is 24.3 Å². The number of hydrogen-bond acceptors (Lipinski definition) is 5. The Morgan fingerprint density at radius 2 is 1.83 bits per heavy atom. The molecule has 1 atom stereocenters. The molecule has 0 radical (unpaired) electrons. The highest BCUT2D eigenvalue weighted by Crippen LogP contribution is 1.98. The van der Waals surface area contributed by atoms with E-state index in [1.54, 1.807) is 13.8 Å². The summed E-state index contributed by atoms with van der Waals surface area (Å²) in [7, 11) is -3.89. The SMILES string of the molecule is CC(C)OCCS(=O)(=O)N[C@H](CC(=O)O)C(=O)O. The average Bonchev–Trinajstić information content (AvgIpc) is 2.14. The summed E-state index contributed by atoms with van der Waals surface area (Å²) in [5, 5.41) is 17.1. The molecule has 8 nitrogen and oxygen atoms in total. The fourth-order valence-corrected chi connectivity index (χ4v) is 2.07. The summed E-state index contributed by atoms with van der Waals surface area (Å²) >= 11 is 0. The van der Waals surface area contributed by atoms with Crippen molar-refractivity contribution < 1.29 is 33.0 Å². The Balaban J connectivity index is 4.42. The van der Waals surface area contributed by atoms with Crippen molar-refractivity contribution in [2.45, 2.75) is 32.4 Å². The van der Waals surface area contributed by atoms with Crippen molar-refractivity contribution in [2.24, 2.45) is 0 Å². The number of carboxylic acid groups (broad SMARTS) is 2. The average molecular weight is 283 g/mol. The quantitative estimate of drug-likeness (QED) is 0.508. The van der Waals surface area contributed by atoms with Gasteiger partial charge in [-0.25, -0.2) is 13.1 Å². The minimum absolute atomic E-state index is 0.0909. The van der Waals surface area contributed by atoms with Crippen molar-refractivity contribution in [1.29, 1.82) is 0 Å². The van der Waals surface area contributed by atoms with E-state index in [9.17, 15) is 18.0 Å². The van der Waals surface area contributed by atoms with Crippen LogP contribution < -0.4 is 4.72 Å². The van der Waals surface area contributed by atoms with Crippen molar-refractivity contribution in [3.8, 4) is 0 Å². The highest BCUT2D eigenvalue weighted by atomic mass is 32.2. The lowest BCUT2D eigenvalue weighted by molar-refractivity contribution is -0.145. The second-order valence-corrected chi connectivity index (χ2v) is 5.72. The van der Waals surface area contributed by atoms with E-state index in [0.29, 0.717) is 0 Å². The molecule has 0 spiro atoms. The summed E-state index contributed by atoms with van der Waals surface area (Å²) in [6.45, 7) is 3.36. The van der Waals surface area contributed by atoms with Gasteiger partial charge < -0.3 is 14.9 Å². The van der Waals surface area contributed by atoms with Crippen LogP contribution >= 0.6 is 0 Å². The molecule has 0 rings (SSSR count). The van der Waals surface area contributed by atoms with Gasteiger partial charge in [-0.05, 0) is 13.8 Å². The summed E-state index contributed by atoms with van der Waals surface area (Å²) in [6.07, 6.45) is -0.964. The topological polar surface area (TPSA) is 130 Å². The summed E-state index contributed by atoms with van der Waals surface area (Å²) in [4.78, 5) is 21.1. The molecule has 0 aliphatic carbocycles. The number of ether oxygens (including phenoxy) is 1. The van der Waals surface area contributed by atoms with Crippen LogP contribution in [0, 0.1) is 0 Å². The number of rotatable bonds is 9. The van der Waals surface area contributed by atoms with E-state index in [2.05, 4.69) is 0 Å². The third kappa shape index (κ3) is 7.98. The van der Waals surface area contributed by atoms with Crippen molar-refractivity contribution in [2.75, 3.05) is 12.4 Å². The second-order valence-electron chi connectivity index (χ2n) is 3.84. The number of nitrogens with one attached hydrogen (secondary N) is 1. The number of carbonyl (C=O) groups is 2. The van der Waals surface area contributed by atoms with E-state index in [1.807, 2.05) is 4.72 Å². The molecular weight excluding hydrogens is 266 g/mol. The molecule has 0 amide bonds. The number of hydrogen-bond donors (Lipinski definition) is 3. The zero-order valence-electron chi connectivity index (χ0n) is 10.1. The standard InChI is InChI=1S/C9H17NO7S/c1-6(2)17-3-4-18(15,16)10-7(9(13)14)5-8(11)12/h6-7,10H,3-5H2,1-2H3,(H,11,12)(H,13,14)/t7-/m1/s1. The van der Waals surface area contributed by atoms with Gasteiger partial charge in [0.25, 0.3) is 0 Å². The molecule has 0 heterocycles. The molecule has 0 aliphatic rings. The molecule has 0 bridgehead atoms. The van der Waals surface area contributed by atoms with Gasteiger partial charge in [-0.3, -0.25) is 9.59 Å². The van der Waals surface area contributed by atoms with Gasteiger partial charge in [-0.15, -0.1) is 0 Å². The predicted octanol–water partition coefficient (Wildman–Crippen LogP) is -0.741. The zero-order chi connectivity index (χ0) is 14.3. The van der Waals surface area contributed by atoms with Crippen LogP contribution in [0.4, 0.5) is 0 Å². The smallest absolute Gasteiger partial charge is 0.322 e. The van der Waals surface area contributed by atoms with Crippen LogP contribution in [0.5, 0.6) is 0 Å². The first-order valence-corrected chi connectivity index (χ1v) is 6.85. The molecular formula is C9H17NO7S. The Morgan fingerprint density at radius 1 is 1.28 bits per heavy atom. The summed E-state index contributed by atoms with van der Waals surface area (Å²) in [6, 6.07) is -1.67. The van der Waals surface area contributed by atoms with Gasteiger partial charge in [0.15, 0.2) is 0 Å². The van der Waals surface area contributed by atoms with Crippen LogP contribution in [0.25, 0.3) is 0 Å². The lowest BCUT2D eigenvalue weighted by Gasteiger charge is -2.13. The van der Waals surface area contributed by atoms with Crippen LogP contribution in [0.3, 0.4) is 0 Å². The summed E-state index contributed by atoms with van der Waals surface area (Å²) in [5.74, 6) is -3.36. The number of sulfonamides is 1. The van der Waals surface area contributed by atoms with Crippen LogP contribution in [-0.4, -0.2) is 55.1 Å². The zero-order valence-corrected chi connectivity index (χ0v) is 10.9. The predicted molar refractivity (Wildman–Crippen MR) is 61.7 cm³/mol. The van der Waals surface area contributed by atoms with Gasteiger partial charge in [-0.2, -0.15) is 0 Å². The molecule has 0 aromatic heterocycles. The monoisotopic (exact) mass is 283 g/mol. The first kappa shape index (κ1) is 16.8. The first-order valence-electron chi connectivity index (χ1n) is 5.20. The Bertz CT molecular complexity index is 390. The molecule has 106 valence electrons. The second kappa shape index (κ2) is 7.29. The molecule has 0 unspecified atom stereocenters. The molecule has 0 aliphatic heterocycles. The third-order valence-electron chi connectivity index (χ3n) is 1.80. The van der Waals surface area contributed by atoms with E-state index < -0.39 is 40.2 Å². The van der Waals surface area contributed by atoms with Gasteiger partial charge >= 0.3 is 11.9 Å². The van der Waals surface area contributed by atoms with Crippen molar-refractivity contribution >= 4 is 22.0 Å². The van der Waals surface area contributed by atoms with E-state index >= 15 is 0 Å². The first-order chi connectivity index (χ1) is 8.14. The maximum absolute atomic E-state index is 11.5. The molecule has 0 fully saturated rings. The Kier molecular flexibility index (Phi) is 6.81. The van der Waals surface area contributed by atoms with Gasteiger partial charge in [0.2, 0.25) is 10.0 Å². The van der Waals surface area contributed by atoms with Crippen molar-refractivity contribution in [1.82, 2.24) is 4.72 Å². The van der Waals surface area contributed by atoms with E-state index in [4.69, 9.17) is 14.9 Å². The summed E-state index contributed by atoms with van der Waals surface area (Å²) < 4.78 is 29.7. The molecule has 3 N–H and O–H groups in total. The fourth-order valence-electron chi connectivity index (χ4n) is 1.02. The van der Waals surface area contributed by atoms with Gasteiger partial charge in [-0.1, -0.05) is 0 Å². The lowest BCUT2D eigenvalue weighted by atomic mass is 10.2. The summed E-state index contributed by atoms with van der Waals surface area (Å²) in [5.41, 5.74) is 0. The molecule has 0 aromatic rings. The van der Waals surface area contributed by atoms with E-state index in [-0.39, 0.29) is 12.7 Å². The van der Waals surface area contributed by atoms with E-state index in [0.717, 1.165) is 0 Å². The molecule has 9 heteroatoms. The van der Waals surface area contributed by atoms with E-state index in [1.165, 1.54) is 0 Å². The maximum atomic E-state index is 11.5. The molecule has 0 saturated heterocycles. The van der Waals surface area contributed by atoms with Crippen molar-refractivity contribution in [3.05, 3.63) is 0 Å². The van der Waals surface area contributed by atoms with Crippen molar-refractivity contribution in [3.63, 3.8) is 0 Å². The number of carboxylic acids is 2. The molecule has 0 saturated carbocycles. The molecule has 18 heavy (non-hydrogen) atoms. The third-order valence-corrected chi connectivity index (χ3v) is 3.15. The van der Waals surface area contributed by atoms with Gasteiger partial charge in [0.1, 0.15) is 6.04 Å². The van der Waals surface area contributed by atoms with Gasteiger partial charge in [0.05, 0.1) is 24.9 Å². The molecule has 0 aromatic carbocycles. The minimum atomic E-state index is -3.89. The number of aliphatic carboxylic acids is 2. The van der Waals surface area contributed by atoms with Crippen LogP contribution in [0.2, 0.25) is 0 Å². The minimum Gasteiger partial charge on any atom is -0.481 e. The highest BCUT2D eigenvalue weighted by Gasteiger charge is 2.26. The normalized spacial score (nSPS) is 13.5. The van der Waals surface area contributed by atoms with Crippen LogP contribution in [0.1, 0.15) is 20.3 Å². The Hall–Kier alpha value is -1.19. The largest absolute Gasteiger partial charge is 0.481 e. The maximum Gasteiger partial charge on any atom is 0.322 e. The Morgan fingerprint density at radius 3 is 2.22 bits per heavy atom. The van der Waals surface area contributed by atoms with Crippen LogP contribution in [0.15, 0.2) is 0 Å². The van der Waals surface area contributed by atoms with Gasteiger partial charge in [0, 0.05) is 0 Å². The highest BCUT2D eigenvalue weighted by molar-refractivity contribution is 7.89. The lowest BCUT2D eigenvalue weighted by Crippen LogP contribution is -2.43. The fraction of sp³-hybridized carbons (Fsp3) is 0.778. The Labute approximate surface area is 105 Å².